The fourth-order valence-corrected chi connectivity index (χ4v) is 2.89. The molecule has 0 radical (unpaired) electrons. The van der Waals surface area contributed by atoms with Crippen molar-refractivity contribution in [1.82, 2.24) is 15.0 Å². The lowest BCUT2D eigenvalue weighted by Crippen LogP contribution is -2.02. The van der Waals surface area contributed by atoms with Gasteiger partial charge in [-0.05, 0) is 24.6 Å². The third-order valence-corrected chi connectivity index (χ3v) is 4.12. The molecule has 0 bridgehead atoms. The van der Waals surface area contributed by atoms with Gasteiger partial charge in [0.05, 0.1) is 11.4 Å². The van der Waals surface area contributed by atoms with Crippen molar-refractivity contribution < 1.29 is 0 Å². The van der Waals surface area contributed by atoms with Crippen molar-refractivity contribution in [2.45, 2.75) is 6.92 Å². The van der Waals surface area contributed by atoms with Crippen LogP contribution in [-0.2, 0) is 7.05 Å². The second kappa shape index (κ2) is 6.32. The fourth-order valence-electron chi connectivity index (χ4n) is 2.89. The summed E-state index contributed by atoms with van der Waals surface area (Å²) in [4.78, 5) is 6.59. The molecule has 4 aromatic rings. The van der Waals surface area contributed by atoms with Crippen LogP contribution in [-0.4, -0.2) is 20.7 Å². The first-order valence-corrected chi connectivity index (χ1v) is 8.22. The lowest BCUT2D eigenvalue weighted by molar-refractivity contribution is 0.665. The third-order valence-electron chi connectivity index (χ3n) is 4.12. The zero-order valence-corrected chi connectivity index (χ0v) is 14.2. The van der Waals surface area contributed by atoms with Gasteiger partial charge in [0.1, 0.15) is 11.0 Å². The molecule has 0 fully saturated rings. The van der Waals surface area contributed by atoms with E-state index in [1.165, 1.54) is 0 Å². The van der Waals surface area contributed by atoms with Gasteiger partial charge in [0.2, 0.25) is 0 Å². The van der Waals surface area contributed by atoms with E-state index in [0.29, 0.717) is 0 Å². The first kappa shape index (κ1) is 15.3. The summed E-state index contributed by atoms with van der Waals surface area (Å²) in [6, 6.07) is 24.6. The van der Waals surface area contributed by atoms with Crippen LogP contribution in [0.3, 0.4) is 0 Å². The van der Waals surface area contributed by atoms with Crippen LogP contribution < -0.4 is 0 Å². The highest BCUT2D eigenvalue weighted by Crippen LogP contribution is 2.26. The monoisotopic (exact) mass is 326 g/mol. The molecule has 1 heterocycles. The molecule has 4 rings (SSSR count). The Labute approximate surface area is 146 Å². The Hall–Kier alpha value is -3.27. The molecule has 0 spiro atoms. The molecule has 1 aromatic heterocycles. The summed E-state index contributed by atoms with van der Waals surface area (Å²) in [5, 5.41) is 8.77. The summed E-state index contributed by atoms with van der Waals surface area (Å²) >= 11 is 0. The van der Waals surface area contributed by atoms with Crippen LogP contribution in [0, 0.1) is 6.92 Å². The predicted molar refractivity (Wildman–Crippen MR) is 101 cm³/mol. The Balaban J connectivity index is 1.91. The highest BCUT2D eigenvalue weighted by Gasteiger charge is 2.10. The van der Waals surface area contributed by atoms with E-state index in [2.05, 4.69) is 41.4 Å². The number of rotatable bonds is 3. The predicted octanol–water partition coefficient (Wildman–Crippen LogP) is 4.45. The standard InChI is InChI=1S/C21H18N4/c1-15-13-19-20(24-25(2)23-19)14-18(15)22-21(16-9-5-3-6-10-16)17-11-7-4-8-12-17/h3-14H,1-2H3. The third kappa shape index (κ3) is 3.06. The first-order chi connectivity index (χ1) is 12.2. The smallest absolute Gasteiger partial charge is 0.115 e. The Bertz CT molecular complexity index is 1010. The van der Waals surface area contributed by atoms with Crippen LogP contribution in [0.4, 0.5) is 5.69 Å². The topological polar surface area (TPSA) is 43.1 Å². The molecule has 4 nitrogen and oxygen atoms in total. The van der Waals surface area contributed by atoms with E-state index in [1.807, 2.05) is 55.6 Å². The highest BCUT2D eigenvalue weighted by atomic mass is 15.4. The molecule has 0 saturated carbocycles. The van der Waals surface area contributed by atoms with Crippen molar-refractivity contribution >= 4 is 22.4 Å². The molecule has 0 unspecified atom stereocenters. The van der Waals surface area contributed by atoms with Crippen molar-refractivity contribution in [2.24, 2.45) is 12.0 Å². The number of hydrogen-bond acceptors (Lipinski definition) is 3. The Morgan fingerprint density at radius 1 is 0.800 bits per heavy atom. The second-order valence-electron chi connectivity index (χ2n) is 6.01. The molecule has 25 heavy (non-hydrogen) atoms. The van der Waals surface area contributed by atoms with Gasteiger partial charge in [-0.1, -0.05) is 60.7 Å². The number of aliphatic imine (C=N–C) groups is 1. The molecular weight excluding hydrogens is 308 g/mol. The summed E-state index contributed by atoms with van der Waals surface area (Å²) in [5.41, 5.74) is 6.87. The Morgan fingerprint density at radius 3 is 1.88 bits per heavy atom. The maximum atomic E-state index is 5.00. The van der Waals surface area contributed by atoms with E-state index in [1.54, 1.807) is 4.80 Å². The van der Waals surface area contributed by atoms with E-state index in [0.717, 1.165) is 39.1 Å². The van der Waals surface area contributed by atoms with Gasteiger partial charge in [-0.15, -0.1) is 0 Å². The highest BCUT2D eigenvalue weighted by molar-refractivity contribution is 6.14. The summed E-state index contributed by atoms with van der Waals surface area (Å²) in [5.74, 6) is 0. The summed E-state index contributed by atoms with van der Waals surface area (Å²) in [6.07, 6.45) is 0. The minimum absolute atomic E-state index is 0.854. The van der Waals surface area contributed by atoms with Crippen molar-refractivity contribution in [3.8, 4) is 0 Å². The lowest BCUT2D eigenvalue weighted by atomic mass is 10.0. The Morgan fingerprint density at radius 2 is 1.32 bits per heavy atom. The van der Waals surface area contributed by atoms with Gasteiger partial charge >= 0.3 is 0 Å². The molecular formula is C21H18N4. The maximum Gasteiger partial charge on any atom is 0.115 e. The summed E-state index contributed by atoms with van der Waals surface area (Å²) in [7, 11) is 1.83. The zero-order chi connectivity index (χ0) is 17.2. The zero-order valence-electron chi connectivity index (χ0n) is 14.2. The van der Waals surface area contributed by atoms with Crippen molar-refractivity contribution in [2.75, 3.05) is 0 Å². The molecule has 4 heteroatoms. The Kier molecular flexibility index (Phi) is 3.86. The molecule has 0 aliphatic carbocycles. The van der Waals surface area contributed by atoms with Crippen LogP contribution in [0.1, 0.15) is 16.7 Å². The minimum Gasteiger partial charge on any atom is -0.247 e. The van der Waals surface area contributed by atoms with E-state index >= 15 is 0 Å². The normalized spacial score (nSPS) is 10.8. The van der Waals surface area contributed by atoms with E-state index in [-0.39, 0.29) is 0 Å². The van der Waals surface area contributed by atoms with Crippen LogP contribution in [0.25, 0.3) is 11.0 Å². The lowest BCUT2D eigenvalue weighted by Gasteiger charge is -2.09. The fraction of sp³-hybridized carbons (Fsp3) is 0.0952. The number of fused-ring (bicyclic) bond motifs is 1. The molecule has 0 saturated heterocycles. The average Bonchev–Trinajstić information content (AvgIpc) is 3.00. The number of nitrogens with zero attached hydrogens (tertiary/aromatic N) is 4. The molecule has 0 aliphatic rings. The average molecular weight is 326 g/mol. The molecule has 0 amide bonds. The van der Waals surface area contributed by atoms with E-state index < -0.39 is 0 Å². The second-order valence-corrected chi connectivity index (χ2v) is 6.01. The van der Waals surface area contributed by atoms with Gasteiger partial charge in [0, 0.05) is 18.2 Å². The van der Waals surface area contributed by atoms with Gasteiger partial charge in [-0.25, -0.2) is 4.99 Å². The van der Waals surface area contributed by atoms with Gasteiger partial charge in [-0.3, -0.25) is 0 Å². The van der Waals surface area contributed by atoms with Gasteiger partial charge in [0.15, 0.2) is 0 Å². The number of benzene rings is 3. The quantitative estimate of drug-likeness (QED) is 0.522. The van der Waals surface area contributed by atoms with E-state index in [9.17, 15) is 0 Å². The molecule has 0 aliphatic heterocycles. The molecule has 3 aromatic carbocycles. The van der Waals surface area contributed by atoms with Gasteiger partial charge < -0.3 is 0 Å². The van der Waals surface area contributed by atoms with E-state index in [4.69, 9.17) is 4.99 Å². The van der Waals surface area contributed by atoms with Crippen LogP contribution >= 0.6 is 0 Å². The molecule has 0 N–H and O–H groups in total. The number of hydrogen-bond donors (Lipinski definition) is 0. The summed E-state index contributed by atoms with van der Waals surface area (Å²) in [6.45, 7) is 2.06. The van der Waals surface area contributed by atoms with Crippen molar-refractivity contribution in [3.63, 3.8) is 0 Å². The molecule has 0 atom stereocenters. The van der Waals surface area contributed by atoms with Crippen LogP contribution in [0.5, 0.6) is 0 Å². The van der Waals surface area contributed by atoms with Crippen LogP contribution in [0.2, 0.25) is 0 Å². The number of aromatic nitrogens is 3. The molecule has 122 valence electrons. The van der Waals surface area contributed by atoms with Gasteiger partial charge in [0.25, 0.3) is 0 Å². The minimum atomic E-state index is 0.854. The maximum absolute atomic E-state index is 5.00. The SMILES string of the molecule is Cc1cc2nn(C)nc2cc1N=C(c1ccccc1)c1ccccc1. The first-order valence-electron chi connectivity index (χ1n) is 8.22. The van der Waals surface area contributed by atoms with Crippen molar-refractivity contribution in [1.29, 1.82) is 0 Å². The van der Waals surface area contributed by atoms with Crippen molar-refractivity contribution in [3.05, 3.63) is 89.5 Å². The van der Waals surface area contributed by atoms with Crippen LogP contribution in [0.15, 0.2) is 77.8 Å². The number of aryl methyl sites for hydroxylation is 2. The summed E-state index contributed by atoms with van der Waals surface area (Å²) < 4.78 is 0. The van der Waals surface area contributed by atoms with Gasteiger partial charge in [-0.2, -0.15) is 15.0 Å². The largest absolute Gasteiger partial charge is 0.247 e.